The third kappa shape index (κ3) is 5.84. The van der Waals surface area contributed by atoms with Gasteiger partial charge in [0.25, 0.3) is 0 Å². The first kappa shape index (κ1) is 23.5. The molecule has 0 amide bonds. The molecule has 2 aromatic heterocycles. The number of hydrogen-bond acceptors (Lipinski definition) is 9. The zero-order valence-electron chi connectivity index (χ0n) is 20.3. The second-order valence-corrected chi connectivity index (χ2v) is 8.12. The van der Waals surface area contributed by atoms with Crippen LogP contribution in [0.1, 0.15) is 19.4 Å². The van der Waals surface area contributed by atoms with E-state index in [9.17, 15) is 0 Å². The molecule has 0 atom stereocenters. The van der Waals surface area contributed by atoms with E-state index in [1.54, 1.807) is 7.11 Å². The van der Waals surface area contributed by atoms with E-state index in [0.717, 1.165) is 69.7 Å². The Morgan fingerprint density at radius 2 is 1.65 bits per heavy atom. The van der Waals surface area contributed by atoms with Crippen molar-refractivity contribution in [3.63, 3.8) is 0 Å². The van der Waals surface area contributed by atoms with Crippen molar-refractivity contribution < 1.29 is 4.74 Å². The summed E-state index contributed by atoms with van der Waals surface area (Å²) in [5.41, 5.74) is 1.23. The molecule has 180 valence electrons. The Hall–Kier alpha value is -3.62. The molecule has 0 bridgehead atoms. The highest BCUT2D eigenvalue weighted by molar-refractivity contribution is 5.47. The molecule has 1 aliphatic heterocycles. The van der Waals surface area contributed by atoms with Crippen LogP contribution in [0.4, 0.5) is 23.7 Å². The molecule has 9 nitrogen and oxygen atoms in total. The van der Waals surface area contributed by atoms with Crippen molar-refractivity contribution in [2.24, 2.45) is 0 Å². The summed E-state index contributed by atoms with van der Waals surface area (Å²) in [4.78, 5) is 25.5. The molecule has 1 aromatic carbocycles. The molecule has 34 heavy (non-hydrogen) atoms. The fraction of sp³-hybridized carbons (Fsp3) is 0.440. The van der Waals surface area contributed by atoms with E-state index in [0.29, 0.717) is 11.9 Å². The summed E-state index contributed by atoms with van der Waals surface area (Å²) in [5.74, 6) is 3.94. The van der Waals surface area contributed by atoms with Crippen LogP contribution in [-0.4, -0.2) is 72.9 Å². The number of hydrogen-bond donors (Lipinski definition) is 1. The van der Waals surface area contributed by atoms with E-state index in [1.165, 1.54) is 5.56 Å². The molecule has 3 heterocycles. The Morgan fingerprint density at radius 1 is 0.912 bits per heavy atom. The Labute approximate surface area is 201 Å². The van der Waals surface area contributed by atoms with Gasteiger partial charge in [-0.15, -0.1) is 0 Å². The summed E-state index contributed by atoms with van der Waals surface area (Å²) in [7, 11) is 1.68. The Balaban J connectivity index is 1.44. The highest BCUT2D eigenvalue weighted by atomic mass is 16.5. The lowest BCUT2D eigenvalue weighted by molar-refractivity contribution is 0.414. The fourth-order valence-corrected chi connectivity index (χ4v) is 4.01. The van der Waals surface area contributed by atoms with Crippen LogP contribution in [0.2, 0.25) is 0 Å². The predicted molar refractivity (Wildman–Crippen MR) is 137 cm³/mol. The average molecular weight is 463 g/mol. The standard InChI is InChI=1S/C25H34N8O/c1-4-31(5-2)24-28-23(27-15-13-20-9-11-21(34-3)12-10-20)29-25(30-24)33-18-16-32(17-19-33)22-8-6-7-14-26-22/h6-12,14H,4-5,13,15-19H2,1-3H3,(H,27,28,29,30). The zero-order valence-corrected chi connectivity index (χ0v) is 20.3. The van der Waals surface area contributed by atoms with Crippen LogP contribution < -0.4 is 24.8 Å². The van der Waals surface area contributed by atoms with Gasteiger partial charge in [0.15, 0.2) is 0 Å². The quantitative estimate of drug-likeness (QED) is 0.489. The summed E-state index contributed by atoms with van der Waals surface area (Å²) in [6, 6.07) is 14.2. The van der Waals surface area contributed by atoms with Gasteiger partial charge in [-0.1, -0.05) is 18.2 Å². The van der Waals surface area contributed by atoms with Gasteiger partial charge in [0.2, 0.25) is 17.8 Å². The van der Waals surface area contributed by atoms with E-state index >= 15 is 0 Å². The number of nitrogens with zero attached hydrogens (tertiary/aromatic N) is 7. The van der Waals surface area contributed by atoms with Crippen molar-refractivity contribution in [1.29, 1.82) is 0 Å². The minimum atomic E-state index is 0.618. The number of piperazine rings is 1. The molecular weight excluding hydrogens is 428 g/mol. The van der Waals surface area contributed by atoms with Gasteiger partial charge in [-0.05, 0) is 50.1 Å². The normalized spacial score (nSPS) is 13.6. The highest BCUT2D eigenvalue weighted by Gasteiger charge is 2.22. The molecule has 9 heteroatoms. The number of methoxy groups -OCH3 is 1. The Bertz CT molecular complexity index is 1020. The van der Waals surface area contributed by atoms with Crippen LogP contribution in [0.15, 0.2) is 48.7 Å². The second kappa shape index (κ2) is 11.5. The lowest BCUT2D eigenvalue weighted by atomic mass is 10.1. The smallest absolute Gasteiger partial charge is 0.232 e. The molecule has 3 aromatic rings. The summed E-state index contributed by atoms with van der Waals surface area (Å²) < 4.78 is 5.24. The predicted octanol–water partition coefficient (Wildman–Crippen LogP) is 3.10. The van der Waals surface area contributed by atoms with Crippen molar-refractivity contribution >= 4 is 23.7 Å². The molecule has 0 spiro atoms. The molecule has 4 rings (SSSR count). The van der Waals surface area contributed by atoms with Gasteiger partial charge in [-0.2, -0.15) is 15.0 Å². The van der Waals surface area contributed by atoms with Crippen LogP contribution >= 0.6 is 0 Å². The lowest BCUT2D eigenvalue weighted by Crippen LogP contribution is -2.47. The van der Waals surface area contributed by atoms with E-state index in [2.05, 4.69) is 57.0 Å². The maximum absolute atomic E-state index is 5.24. The van der Waals surface area contributed by atoms with Crippen LogP contribution in [0.3, 0.4) is 0 Å². The van der Waals surface area contributed by atoms with E-state index in [4.69, 9.17) is 19.7 Å². The van der Waals surface area contributed by atoms with Gasteiger partial charge >= 0.3 is 0 Å². The molecule has 0 radical (unpaired) electrons. The molecule has 0 saturated carbocycles. The Morgan fingerprint density at radius 3 is 2.29 bits per heavy atom. The number of ether oxygens (including phenoxy) is 1. The van der Waals surface area contributed by atoms with Crippen LogP contribution in [0, 0.1) is 0 Å². The summed E-state index contributed by atoms with van der Waals surface area (Å²) in [6.07, 6.45) is 2.71. The lowest BCUT2D eigenvalue weighted by Gasteiger charge is -2.35. The van der Waals surface area contributed by atoms with E-state index in [-0.39, 0.29) is 0 Å². The number of pyridine rings is 1. The molecule has 1 N–H and O–H groups in total. The third-order valence-electron chi connectivity index (χ3n) is 6.05. The summed E-state index contributed by atoms with van der Waals surface area (Å²) >= 11 is 0. The van der Waals surface area contributed by atoms with Crippen LogP contribution in [-0.2, 0) is 6.42 Å². The van der Waals surface area contributed by atoms with Gasteiger partial charge in [0.05, 0.1) is 7.11 Å². The summed E-state index contributed by atoms with van der Waals surface area (Å²) in [5, 5.41) is 3.41. The van der Waals surface area contributed by atoms with E-state index < -0.39 is 0 Å². The van der Waals surface area contributed by atoms with Crippen molar-refractivity contribution in [3.05, 3.63) is 54.2 Å². The van der Waals surface area contributed by atoms with Crippen molar-refractivity contribution in [2.45, 2.75) is 20.3 Å². The minimum absolute atomic E-state index is 0.618. The SMILES string of the molecule is CCN(CC)c1nc(NCCc2ccc(OC)cc2)nc(N2CCN(c3ccccn3)CC2)n1. The van der Waals surface area contributed by atoms with Gasteiger partial charge in [0, 0.05) is 52.0 Å². The number of nitrogens with one attached hydrogen (secondary N) is 1. The van der Waals surface area contributed by atoms with Crippen molar-refractivity contribution in [2.75, 3.05) is 72.9 Å². The van der Waals surface area contributed by atoms with E-state index in [1.807, 2.05) is 30.5 Å². The van der Waals surface area contributed by atoms with Gasteiger partial charge in [0.1, 0.15) is 11.6 Å². The number of rotatable bonds is 10. The maximum atomic E-state index is 5.24. The molecular formula is C25H34N8O. The first-order chi connectivity index (χ1) is 16.7. The highest BCUT2D eigenvalue weighted by Crippen LogP contribution is 2.20. The number of anilines is 4. The van der Waals surface area contributed by atoms with Crippen LogP contribution in [0.5, 0.6) is 5.75 Å². The monoisotopic (exact) mass is 462 g/mol. The molecule has 0 unspecified atom stereocenters. The first-order valence-electron chi connectivity index (χ1n) is 12.0. The summed E-state index contributed by atoms with van der Waals surface area (Å²) in [6.45, 7) is 10.1. The van der Waals surface area contributed by atoms with Gasteiger partial charge < -0.3 is 24.8 Å². The number of benzene rings is 1. The van der Waals surface area contributed by atoms with Crippen molar-refractivity contribution in [3.8, 4) is 5.75 Å². The molecule has 0 aliphatic carbocycles. The largest absolute Gasteiger partial charge is 0.497 e. The number of aromatic nitrogens is 4. The topological polar surface area (TPSA) is 82.5 Å². The van der Waals surface area contributed by atoms with Crippen molar-refractivity contribution in [1.82, 2.24) is 19.9 Å². The first-order valence-corrected chi connectivity index (χ1v) is 12.0. The Kier molecular flexibility index (Phi) is 7.95. The second-order valence-electron chi connectivity index (χ2n) is 8.12. The molecule has 1 aliphatic rings. The molecule has 1 fully saturated rings. The zero-order chi connectivity index (χ0) is 23.8. The van der Waals surface area contributed by atoms with Gasteiger partial charge in [-0.3, -0.25) is 0 Å². The van der Waals surface area contributed by atoms with Crippen LogP contribution in [0.25, 0.3) is 0 Å². The van der Waals surface area contributed by atoms with Gasteiger partial charge in [-0.25, -0.2) is 4.98 Å². The minimum Gasteiger partial charge on any atom is -0.497 e. The maximum Gasteiger partial charge on any atom is 0.232 e. The fourth-order valence-electron chi connectivity index (χ4n) is 4.01. The third-order valence-corrected chi connectivity index (χ3v) is 6.05. The average Bonchev–Trinajstić information content (AvgIpc) is 2.90. The molecule has 1 saturated heterocycles.